The summed E-state index contributed by atoms with van der Waals surface area (Å²) in [4.78, 5) is 12.8. The number of phenols is 1. The Kier molecular flexibility index (Phi) is 5.79. The van der Waals surface area contributed by atoms with Gasteiger partial charge in [0.05, 0.1) is 0 Å². The molecule has 5 rings (SSSR count). The number of aromatic hydroxyl groups is 1. The Bertz CT molecular complexity index is 1420. The van der Waals surface area contributed by atoms with E-state index < -0.39 is 11.4 Å². The minimum absolute atomic E-state index is 0.0223. The molecule has 0 unspecified atom stereocenters. The number of aromatic nitrogens is 3. The van der Waals surface area contributed by atoms with Crippen molar-refractivity contribution in [1.82, 2.24) is 15.0 Å². The number of hydrogen-bond acceptors (Lipinski definition) is 4. The van der Waals surface area contributed by atoms with Crippen LogP contribution in [-0.4, -0.2) is 31.2 Å². The fraction of sp³-hybridized carbons (Fsp3) is 0.138. The minimum Gasteiger partial charge on any atom is -0.505 e. The lowest BCUT2D eigenvalue weighted by molar-refractivity contribution is -0.136. The number of hydrogen-bond donors (Lipinski definition) is 2. The number of carboxylic acids is 1. The van der Waals surface area contributed by atoms with E-state index in [-0.39, 0.29) is 12.2 Å². The summed E-state index contributed by atoms with van der Waals surface area (Å²) in [5.74, 6) is -0.822. The van der Waals surface area contributed by atoms with Crippen LogP contribution in [0.25, 0.3) is 16.7 Å². The van der Waals surface area contributed by atoms with Crippen molar-refractivity contribution in [3.8, 4) is 11.4 Å². The first-order valence-corrected chi connectivity index (χ1v) is 11.5. The zero-order valence-electron chi connectivity index (χ0n) is 19.3. The molecule has 4 aromatic carbocycles. The van der Waals surface area contributed by atoms with Crippen molar-refractivity contribution in [2.75, 3.05) is 0 Å². The van der Waals surface area contributed by atoms with Gasteiger partial charge in [0, 0.05) is 17.4 Å². The minimum atomic E-state index is -0.877. The highest BCUT2D eigenvalue weighted by molar-refractivity contribution is 5.74. The summed E-state index contributed by atoms with van der Waals surface area (Å²) in [6.07, 6.45) is 0.293. The van der Waals surface area contributed by atoms with Gasteiger partial charge in [0.2, 0.25) is 0 Å². The smallest absolute Gasteiger partial charge is 0.303 e. The molecule has 174 valence electrons. The molecule has 6 nitrogen and oxygen atoms in total. The first-order valence-electron chi connectivity index (χ1n) is 11.5. The molecule has 0 radical (unpaired) electrons. The number of rotatable bonds is 7. The lowest BCUT2D eigenvalue weighted by Gasteiger charge is -2.33. The van der Waals surface area contributed by atoms with Gasteiger partial charge in [-0.3, -0.25) is 4.79 Å². The highest BCUT2D eigenvalue weighted by atomic mass is 16.4. The molecule has 0 fully saturated rings. The second kappa shape index (κ2) is 9.06. The van der Waals surface area contributed by atoms with Crippen LogP contribution in [-0.2, 0) is 16.6 Å². The Morgan fingerprint density at radius 3 is 1.86 bits per heavy atom. The zero-order chi connectivity index (χ0) is 24.4. The summed E-state index contributed by atoms with van der Waals surface area (Å²) in [6.45, 7) is 2.07. The fourth-order valence-corrected chi connectivity index (χ4v) is 4.59. The standard InChI is InChI=1S/C29H25N3O3/c1-29(21-10-4-2-5-11-21,22-12-6-3-7-13-22)23-18-20(16-17-27(33)34)19-26(28(23)35)32-30-24-14-8-9-15-25(24)31-32/h2-15,18-19,35H,16-17H2,1H3,(H,33,34). The number of aryl methyl sites for hydroxylation is 1. The first kappa shape index (κ1) is 22.3. The van der Waals surface area contributed by atoms with Gasteiger partial charge in [0.15, 0.2) is 0 Å². The van der Waals surface area contributed by atoms with Crippen LogP contribution in [0.2, 0.25) is 0 Å². The van der Waals surface area contributed by atoms with Gasteiger partial charge in [0.1, 0.15) is 22.5 Å². The Labute approximate surface area is 203 Å². The molecular formula is C29H25N3O3. The first-order chi connectivity index (χ1) is 17.0. The molecule has 0 saturated carbocycles. The van der Waals surface area contributed by atoms with E-state index in [1.54, 1.807) is 6.07 Å². The molecule has 5 aromatic rings. The van der Waals surface area contributed by atoms with Gasteiger partial charge in [-0.25, -0.2) is 0 Å². The largest absolute Gasteiger partial charge is 0.505 e. The topological polar surface area (TPSA) is 88.2 Å². The number of carbonyl (C=O) groups is 1. The van der Waals surface area contributed by atoms with Crippen LogP contribution in [0.4, 0.5) is 0 Å². The van der Waals surface area contributed by atoms with Gasteiger partial charge < -0.3 is 10.2 Å². The molecule has 0 atom stereocenters. The summed E-state index contributed by atoms with van der Waals surface area (Å²) >= 11 is 0. The number of aliphatic carboxylic acids is 1. The number of nitrogens with zero attached hydrogens (tertiary/aromatic N) is 3. The Balaban J connectivity index is 1.78. The number of carboxylic acid groups (broad SMARTS) is 1. The molecule has 2 N–H and O–H groups in total. The van der Waals surface area contributed by atoms with Crippen LogP contribution in [0.5, 0.6) is 5.75 Å². The molecule has 0 aliphatic carbocycles. The third-order valence-electron chi connectivity index (χ3n) is 6.52. The van der Waals surface area contributed by atoms with Crippen LogP contribution in [0.15, 0.2) is 97.1 Å². The molecule has 1 heterocycles. The van der Waals surface area contributed by atoms with Crippen molar-refractivity contribution in [3.63, 3.8) is 0 Å². The lowest BCUT2D eigenvalue weighted by Crippen LogP contribution is -2.26. The van der Waals surface area contributed by atoms with Gasteiger partial charge in [-0.15, -0.1) is 15.0 Å². The normalized spacial score (nSPS) is 11.6. The van der Waals surface area contributed by atoms with Crippen molar-refractivity contribution in [2.24, 2.45) is 0 Å². The Hall–Kier alpha value is -4.45. The number of fused-ring (bicyclic) bond motifs is 1. The highest BCUT2D eigenvalue weighted by Crippen LogP contribution is 2.45. The van der Waals surface area contributed by atoms with E-state index >= 15 is 0 Å². The summed E-state index contributed by atoms with van der Waals surface area (Å²) in [6, 6.07) is 31.2. The molecule has 0 saturated heterocycles. The van der Waals surface area contributed by atoms with Gasteiger partial charge >= 0.3 is 5.97 Å². The van der Waals surface area contributed by atoms with Crippen LogP contribution in [0.1, 0.15) is 35.6 Å². The fourth-order valence-electron chi connectivity index (χ4n) is 4.59. The van der Waals surface area contributed by atoms with Gasteiger partial charge in [0.25, 0.3) is 0 Å². The van der Waals surface area contributed by atoms with E-state index in [2.05, 4.69) is 17.1 Å². The van der Waals surface area contributed by atoms with Crippen molar-refractivity contribution in [1.29, 1.82) is 0 Å². The molecular weight excluding hydrogens is 438 g/mol. The van der Waals surface area contributed by atoms with Crippen molar-refractivity contribution in [2.45, 2.75) is 25.2 Å². The molecule has 6 heteroatoms. The summed E-state index contributed by atoms with van der Waals surface area (Å²) in [5, 5.41) is 30.2. The van der Waals surface area contributed by atoms with Gasteiger partial charge in [-0.05, 0) is 48.2 Å². The van der Waals surface area contributed by atoms with Crippen LogP contribution in [0.3, 0.4) is 0 Å². The van der Waals surface area contributed by atoms with Crippen molar-refractivity contribution in [3.05, 3.63) is 119 Å². The van der Waals surface area contributed by atoms with E-state index in [1.165, 1.54) is 4.80 Å². The van der Waals surface area contributed by atoms with Crippen LogP contribution < -0.4 is 0 Å². The van der Waals surface area contributed by atoms with Crippen LogP contribution in [0, 0.1) is 0 Å². The maximum Gasteiger partial charge on any atom is 0.303 e. The monoisotopic (exact) mass is 463 g/mol. The highest BCUT2D eigenvalue weighted by Gasteiger charge is 2.35. The molecule has 35 heavy (non-hydrogen) atoms. The summed E-state index contributed by atoms with van der Waals surface area (Å²) < 4.78 is 0. The van der Waals surface area contributed by atoms with E-state index in [0.717, 1.165) is 16.7 Å². The molecule has 0 aliphatic rings. The zero-order valence-corrected chi connectivity index (χ0v) is 19.3. The van der Waals surface area contributed by atoms with Crippen molar-refractivity contribution < 1.29 is 15.0 Å². The predicted molar refractivity (Wildman–Crippen MR) is 135 cm³/mol. The third kappa shape index (κ3) is 4.15. The average Bonchev–Trinajstić information content (AvgIpc) is 3.32. The van der Waals surface area contributed by atoms with Crippen molar-refractivity contribution >= 4 is 17.0 Å². The molecule has 0 spiro atoms. The van der Waals surface area contributed by atoms with Gasteiger partial charge in [-0.1, -0.05) is 78.9 Å². The Morgan fingerprint density at radius 2 is 1.34 bits per heavy atom. The van der Waals surface area contributed by atoms with E-state index in [1.807, 2.05) is 91.0 Å². The van der Waals surface area contributed by atoms with E-state index in [0.29, 0.717) is 28.7 Å². The second-order valence-electron chi connectivity index (χ2n) is 8.74. The quantitative estimate of drug-likeness (QED) is 0.311. The Morgan fingerprint density at radius 1 is 0.829 bits per heavy atom. The predicted octanol–water partition coefficient (Wildman–Crippen LogP) is 5.50. The average molecular weight is 464 g/mol. The van der Waals surface area contributed by atoms with E-state index in [4.69, 9.17) is 0 Å². The molecule has 1 aromatic heterocycles. The number of phenolic OH excluding ortho intramolecular Hbond substituents is 1. The lowest BCUT2D eigenvalue weighted by atomic mass is 9.70. The molecule has 0 amide bonds. The van der Waals surface area contributed by atoms with E-state index in [9.17, 15) is 15.0 Å². The summed E-state index contributed by atoms with van der Waals surface area (Å²) in [7, 11) is 0. The van der Waals surface area contributed by atoms with Crippen LogP contribution >= 0.6 is 0 Å². The third-order valence-corrected chi connectivity index (χ3v) is 6.52. The summed E-state index contributed by atoms with van der Waals surface area (Å²) in [5.41, 5.74) is 4.56. The molecule has 0 aliphatic heterocycles. The maximum absolute atomic E-state index is 11.7. The maximum atomic E-state index is 11.7. The number of benzene rings is 4. The second-order valence-corrected chi connectivity index (χ2v) is 8.74. The molecule has 0 bridgehead atoms. The SMILES string of the molecule is CC(c1ccccc1)(c1ccccc1)c1cc(CCC(=O)O)cc(-n2nc3ccccc3n2)c1O. The van der Waals surface area contributed by atoms with Gasteiger partial charge in [-0.2, -0.15) is 0 Å².